The average Bonchev–Trinajstić information content (AvgIpc) is 3.48. The van der Waals surface area contributed by atoms with Crippen molar-refractivity contribution in [3.05, 3.63) is 193 Å². The summed E-state index contributed by atoms with van der Waals surface area (Å²) < 4.78 is 0. The summed E-state index contributed by atoms with van der Waals surface area (Å²) in [6.45, 7) is 4.65. The fourth-order valence-corrected chi connectivity index (χ4v) is 8.06. The van der Waals surface area contributed by atoms with Crippen molar-refractivity contribution < 1.29 is 0 Å². The first-order valence-corrected chi connectivity index (χ1v) is 18.7. The van der Waals surface area contributed by atoms with Crippen molar-refractivity contribution in [2.45, 2.75) is 19.3 Å². The standard InChI is InChI=1S/C51H36N4/c1-51(2)44-26-16-15-25-40(44)42-30-43-41(31-46(34-19-9-4-10-20-34)52-47(43)32-45(42)51)38-27-37(33-17-7-3-8-18-33)28-39(29-38)50-54-48(35-21-11-5-12-22-35)53-49(55-50)36-23-13-6-14-24-36/h3-32H,1-2H3. The summed E-state index contributed by atoms with van der Waals surface area (Å²) in [7, 11) is 0. The quantitative estimate of drug-likeness (QED) is 0.173. The van der Waals surface area contributed by atoms with Crippen LogP contribution in [0, 0.1) is 0 Å². The third kappa shape index (κ3) is 5.80. The fraction of sp³-hybridized carbons (Fsp3) is 0.0588. The van der Waals surface area contributed by atoms with Gasteiger partial charge in [-0.25, -0.2) is 19.9 Å². The zero-order valence-corrected chi connectivity index (χ0v) is 30.6. The largest absolute Gasteiger partial charge is 0.248 e. The van der Waals surface area contributed by atoms with E-state index in [1.807, 2.05) is 60.7 Å². The van der Waals surface area contributed by atoms with Gasteiger partial charge in [-0.1, -0.05) is 159 Å². The summed E-state index contributed by atoms with van der Waals surface area (Å²) in [5.41, 5.74) is 15.2. The molecule has 10 rings (SSSR count). The lowest BCUT2D eigenvalue weighted by Crippen LogP contribution is -2.14. The molecule has 2 heterocycles. The number of fused-ring (bicyclic) bond motifs is 4. The van der Waals surface area contributed by atoms with Gasteiger partial charge in [0.25, 0.3) is 0 Å². The van der Waals surface area contributed by atoms with Crippen LogP contribution in [0.4, 0.5) is 0 Å². The molecule has 55 heavy (non-hydrogen) atoms. The van der Waals surface area contributed by atoms with E-state index < -0.39 is 0 Å². The van der Waals surface area contributed by atoms with Crippen LogP contribution in [0.15, 0.2) is 182 Å². The highest BCUT2D eigenvalue weighted by atomic mass is 15.0. The zero-order valence-electron chi connectivity index (χ0n) is 30.6. The minimum Gasteiger partial charge on any atom is -0.248 e. The molecule has 0 amide bonds. The van der Waals surface area contributed by atoms with Crippen LogP contribution in [0.1, 0.15) is 25.0 Å². The molecule has 1 aliphatic rings. The van der Waals surface area contributed by atoms with Crippen LogP contribution in [-0.2, 0) is 5.41 Å². The number of nitrogens with zero attached hydrogens (tertiary/aromatic N) is 4. The van der Waals surface area contributed by atoms with E-state index in [0.29, 0.717) is 17.5 Å². The molecule has 0 saturated heterocycles. The van der Waals surface area contributed by atoms with E-state index in [9.17, 15) is 0 Å². The van der Waals surface area contributed by atoms with Crippen LogP contribution in [0.5, 0.6) is 0 Å². The molecule has 1 aliphatic carbocycles. The van der Waals surface area contributed by atoms with E-state index in [0.717, 1.165) is 61.1 Å². The Morgan fingerprint density at radius 2 is 0.818 bits per heavy atom. The van der Waals surface area contributed by atoms with Gasteiger partial charge in [0, 0.05) is 33.1 Å². The lowest BCUT2D eigenvalue weighted by molar-refractivity contribution is 0.661. The first-order valence-electron chi connectivity index (χ1n) is 18.7. The van der Waals surface area contributed by atoms with E-state index in [1.54, 1.807) is 0 Å². The van der Waals surface area contributed by atoms with Gasteiger partial charge in [0.15, 0.2) is 17.5 Å². The van der Waals surface area contributed by atoms with Crippen molar-refractivity contribution >= 4 is 10.9 Å². The maximum Gasteiger partial charge on any atom is 0.164 e. The summed E-state index contributed by atoms with van der Waals surface area (Å²) >= 11 is 0. The van der Waals surface area contributed by atoms with Gasteiger partial charge < -0.3 is 0 Å². The lowest BCUT2D eigenvalue weighted by atomic mass is 9.82. The monoisotopic (exact) mass is 704 g/mol. The Morgan fingerprint density at radius 1 is 0.327 bits per heavy atom. The molecule has 0 N–H and O–H groups in total. The summed E-state index contributed by atoms with van der Waals surface area (Å²) in [5.74, 6) is 1.88. The van der Waals surface area contributed by atoms with Crippen LogP contribution in [0.2, 0.25) is 0 Å². The van der Waals surface area contributed by atoms with E-state index >= 15 is 0 Å². The van der Waals surface area contributed by atoms with Crippen molar-refractivity contribution in [3.8, 4) is 78.8 Å². The number of benzene rings is 7. The zero-order chi connectivity index (χ0) is 36.9. The van der Waals surface area contributed by atoms with Crippen molar-refractivity contribution in [2.24, 2.45) is 0 Å². The topological polar surface area (TPSA) is 51.6 Å². The maximum absolute atomic E-state index is 5.36. The van der Waals surface area contributed by atoms with E-state index in [2.05, 4.69) is 135 Å². The Bertz CT molecular complexity index is 2810. The first kappa shape index (κ1) is 32.6. The molecule has 0 atom stereocenters. The van der Waals surface area contributed by atoms with Gasteiger partial charge in [0.2, 0.25) is 0 Å². The molecule has 2 aromatic heterocycles. The van der Waals surface area contributed by atoms with Gasteiger partial charge in [0.1, 0.15) is 0 Å². The molecule has 4 heteroatoms. The molecule has 0 unspecified atom stereocenters. The average molecular weight is 705 g/mol. The number of rotatable bonds is 6. The highest BCUT2D eigenvalue weighted by Crippen LogP contribution is 2.51. The molecule has 0 saturated carbocycles. The molecule has 260 valence electrons. The van der Waals surface area contributed by atoms with Crippen molar-refractivity contribution in [2.75, 3.05) is 0 Å². The highest BCUT2D eigenvalue weighted by molar-refractivity contribution is 6.02. The number of hydrogen-bond acceptors (Lipinski definition) is 4. The van der Waals surface area contributed by atoms with Gasteiger partial charge in [0.05, 0.1) is 11.2 Å². The van der Waals surface area contributed by atoms with Gasteiger partial charge in [-0.05, 0) is 80.9 Å². The number of hydrogen-bond donors (Lipinski definition) is 0. The highest BCUT2D eigenvalue weighted by Gasteiger charge is 2.36. The summed E-state index contributed by atoms with van der Waals surface area (Å²) in [6, 6.07) is 63.8. The van der Waals surface area contributed by atoms with E-state index in [1.165, 1.54) is 22.3 Å². The second-order valence-corrected chi connectivity index (χ2v) is 14.7. The van der Waals surface area contributed by atoms with Gasteiger partial charge in [-0.2, -0.15) is 0 Å². The van der Waals surface area contributed by atoms with Gasteiger partial charge >= 0.3 is 0 Å². The summed E-state index contributed by atoms with van der Waals surface area (Å²) in [6.07, 6.45) is 0. The van der Waals surface area contributed by atoms with Crippen LogP contribution in [0.25, 0.3) is 89.7 Å². The van der Waals surface area contributed by atoms with Crippen LogP contribution < -0.4 is 0 Å². The third-order valence-electron chi connectivity index (χ3n) is 10.9. The first-order chi connectivity index (χ1) is 27.0. The normalized spacial score (nSPS) is 12.7. The SMILES string of the molecule is CC1(C)c2ccccc2-c2cc3c(-c4cc(-c5ccccc5)cc(-c5nc(-c6ccccc6)nc(-c6ccccc6)n5)c4)cc(-c4ccccc4)nc3cc21. The minimum absolute atomic E-state index is 0.142. The molecule has 7 aromatic carbocycles. The Balaban J connectivity index is 1.26. The van der Waals surface area contributed by atoms with Crippen molar-refractivity contribution in [1.82, 2.24) is 19.9 Å². The predicted molar refractivity (Wildman–Crippen MR) is 225 cm³/mol. The minimum atomic E-state index is -0.142. The smallest absolute Gasteiger partial charge is 0.164 e. The predicted octanol–water partition coefficient (Wildman–Crippen LogP) is 12.7. The summed E-state index contributed by atoms with van der Waals surface area (Å²) in [5, 5.41) is 1.10. The molecule has 4 nitrogen and oxygen atoms in total. The Hall–Kier alpha value is -7.04. The molecule has 0 radical (unpaired) electrons. The molecule has 0 aliphatic heterocycles. The van der Waals surface area contributed by atoms with Crippen LogP contribution >= 0.6 is 0 Å². The lowest BCUT2D eigenvalue weighted by Gasteiger charge is -2.22. The van der Waals surface area contributed by atoms with E-state index in [-0.39, 0.29) is 5.41 Å². The molecule has 0 spiro atoms. The molecule has 0 bridgehead atoms. The molecule has 0 fully saturated rings. The second kappa shape index (κ2) is 13.1. The molecular weight excluding hydrogens is 669 g/mol. The Kier molecular flexibility index (Phi) is 7.77. The molecular formula is C51H36N4. The van der Waals surface area contributed by atoms with Crippen molar-refractivity contribution in [3.63, 3.8) is 0 Å². The third-order valence-corrected chi connectivity index (χ3v) is 10.9. The summed E-state index contributed by atoms with van der Waals surface area (Å²) in [4.78, 5) is 20.6. The Morgan fingerprint density at radius 3 is 1.44 bits per heavy atom. The van der Waals surface area contributed by atoms with Crippen LogP contribution in [0.3, 0.4) is 0 Å². The maximum atomic E-state index is 5.36. The van der Waals surface area contributed by atoms with E-state index in [4.69, 9.17) is 19.9 Å². The van der Waals surface area contributed by atoms with Crippen LogP contribution in [-0.4, -0.2) is 19.9 Å². The second-order valence-electron chi connectivity index (χ2n) is 14.7. The van der Waals surface area contributed by atoms with Gasteiger partial charge in [-0.15, -0.1) is 0 Å². The molecule has 9 aromatic rings. The van der Waals surface area contributed by atoms with Gasteiger partial charge in [-0.3, -0.25) is 0 Å². The number of pyridine rings is 1. The van der Waals surface area contributed by atoms with Crippen molar-refractivity contribution in [1.29, 1.82) is 0 Å². The Labute approximate surface area is 320 Å². The fourth-order valence-electron chi connectivity index (χ4n) is 8.06. The number of aromatic nitrogens is 4.